The number of carbonyl (C=O) groups is 1. The summed E-state index contributed by atoms with van der Waals surface area (Å²) in [6, 6.07) is 0. The lowest BCUT2D eigenvalue weighted by atomic mass is 9.54. The first-order valence-electron chi connectivity index (χ1n) is 8.48. The highest BCUT2D eigenvalue weighted by atomic mass is 16.5. The molecule has 1 saturated carbocycles. The van der Waals surface area contributed by atoms with Crippen LogP contribution in [0.2, 0.25) is 0 Å². The van der Waals surface area contributed by atoms with E-state index in [1.54, 1.807) is 0 Å². The van der Waals surface area contributed by atoms with Crippen LogP contribution in [0.3, 0.4) is 0 Å². The predicted molar refractivity (Wildman–Crippen MR) is 88.4 cm³/mol. The maximum atomic E-state index is 12.4. The van der Waals surface area contributed by atoms with Crippen molar-refractivity contribution in [1.82, 2.24) is 0 Å². The minimum Gasteiger partial charge on any atom is -0.461 e. The number of fused-ring (bicyclic) bond motifs is 1. The zero-order valence-electron chi connectivity index (χ0n) is 15.0. The summed E-state index contributed by atoms with van der Waals surface area (Å²) in [4.78, 5) is 12.4. The van der Waals surface area contributed by atoms with Gasteiger partial charge in [-0.3, -0.25) is 4.79 Å². The van der Waals surface area contributed by atoms with Gasteiger partial charge in [0, 0.05) is 5.41 Å². The molecule has 0 heterocycles. The molecule has 2 rings (SSSR count). The van der Waals surface area contributed by atoms with Crippen LogP contribution in [-0.4, -0.2) is 22.8 Å². The van der Waals surface area contributed by atoms with Gasteiger partial charge in [0.1, 0.15) is 6.10 Å². The Labute approximate surface area is 135 Å². The van der Waals surface area contributed by atoms with Gasteiger partial charge in [-0.25, -0.2) is 0 Å². The molecule has 3 heteroatoms. The number of ether oxygens (including phenoxy) is 1. The summed E-state index contributed by atoms with van der Waals surface area (Å²) in [7, 11) is 0. The zero-order chi connectivity index (χ0) is 16.8. The van der Waals surface area contributed by atoms with Gasteiger partial charge in [0.25, 0.3) is 0 Å². The first-order valence-corrected chi connectivity index (χ1v) is 8.48. The Hall–Kier alpha value is -0.830. The van der Waals surface area contributed by atoms with Crippen molar-refractivity contribution in [3.05, 3.63) is 12.2 Å². The van der Waals surface area contributed by atoms with Crippen molar-refractivity contribution < 1.29 is 14.6 Å². The molecule has 0 aromatic carbocycles. The molecule has 0 spiro atoms. The molecule has 3 nitrogen and oxygen atoms in total. The van der Waals surface area contributed by atoms with E-state index in [2.05, 4.69) is 32.9 Å². The van der Waals surface area contributed by atoms with Crippen LogP contribution < -0.4 is 0 Å². The number of hydrogen-bond donors (Lipinski definition) is 1. The number of rotatable bonds is 1. The Morgan fingerprint density at radius 1 is 1.23 bits per heavy atom. The molecule has 0 aliphatic heterocycles. The van der Waals surface area contributed by atoms with E-state index < -0.39 is 11.0 Å². The monoisotopic (exact) mass is 308 g/mol. The van der Waals surface area contributed by atoms with Gasteiger partial charge in [0.2, 0.25) is 0 Å². The summed E-state index contributed by atoms with van der Waals surface area (Å²) in [5, 5.41) is 11.4. The molecule has 2 aliphatic carbocycles. The maximum Gasteiger partial charge on any atom is 0.311 e. The third kappa shape index (κ3) is 3.10. The van der Waals surface area contributed by atoms with E-state index in [4.69, 9.17) is 4.74 Å². The first kappa shape index (κ1) is 17.5. The van der Waals surface area contributed by atoms with Gasteiger partial charge in [0.15, 0.2) is 0 Å². The van der Waals surface area contributed by atoms with Crippen LogP contribution in [0.15, 0.2) is 12.2 Å². The van der Waals surface area contributed by atoms with Crippen molar-refractivity contribution in [2.24, 2.45) is 16.2 Å². The number of aliphatic hydroxyl groups is 1. The molecule has 1 N–H and O–H groups in total. The average molecular weight is 308 g/mol. The second-order valence-corrected chi connectivity index (χ2v) is 9.35. The molecule has 2 aliphatic rings. The van der Waals surface area contributed by atoms with Crippen LogP contribution in [0.25, 0.3) is 0 Å². The van der Waals surface area contributed by atoms with Crippen molar-refractivity contribution in [2.75, 3.05) is 0 Å². The van der Waals surface area contributed by atoms with E-state index in [9.17, 15) is 9.90 Å². The maximum absolute atomic E-state index is 12.4. The largest absolute Gasteiger partial charge is 0.461 e. The van der Waals surface area contributed by atoms with Crippen molar-refractivity contribution >= 4 is 5.97 Å². The van der Waals surface area contributed by atoms with Gasteiger partial charge in [-0.1, -0.05) is 32.9 Å². The zero-order valence-corrected chi connectivity index (χ0v) is 15.0. The fourth-order valence-corrected chi connectivity index (χ4v) is 4.05. The minimum absolute atomic E-state index is 0.0325. The summed E-state index contributed by atoms with van der Waals surface area (Å²) in [5.74, 6) is -0.170. The van der Waals surface area contributed by atoms with E-state index in [1.807, 2.05) is 20.8 Å². The highest BCUT2D eigenvalue weighted by Crippen LogP contribution is 2.57. The molecule has 3 atom stereocenters. The summed E-state index contributed by atoms with van der Waals surface area (Å²) in [6.07, 6.45) is 8.02. The van der Waals surface area contributed by atoms with Gasteiger partial charge in [-0.2, -0.15) is 0 Å². The molecule has 0 aromatic rings. The van der Waals surface area contributed by atoms with Crippen LogP contribution in [0.5, 0.6) is 0 Å². The molecule has 0 amide bonds. The standard InChI is InChI=1S/C19H32O3/c1-16(2,3)15(20)22-14-12-17(4,5)13-19(21)11-9-7-8-10-18(14,19)6/h7,9,14,21H,8,10-13H2,1-6H3/t14-,18-,19-/m0/s1. The summed E-state index contributed by atoms with van der Waals surface area (Å²) < 4.78 is 5.96. The smallest absolute Gasteiger partial charge is 0.311 e. The van der Waals surface area contributed by atoms with E-state index in [0.717, 1.165) is 25.7 Å². The van der Waals surface area contributed by atoms with Gasteiger partial charge in [-0.15, -0.1) is 0 Å². The van der Waals surface area contributed by atoms with Gasteiger partial charge < -0.3 is 9.84 Å². The Kier molecular flexibility index (Phi) is 4.27. The second-order valence-electron chi connectivity index (χ2n) is 9.35. The third-order valence-electron chi connectivity index (χ3n) is 5.60. The molecule has 0 radical (unpaired) electrons. The van der Waals surface area contributed by atoms with Crippen LogP contribution in [0.4, 0.5) is 0 Å². The summed E-state index contributed by atoms with van der Waals surface area (Å²) in [6.45, 7) is 12.1. The highest BCUT2D eigenvalue weighted by Gasteiger charge is 2.59. The van der Waals surface area contributed by atoms with Crippen molar-refractivity contribution in [2.45, 2.75) is 85.4 Å². The lowest BCUT2D eigenvalue weighted by molar-refractivity contribution is -0.215. The first-order chi connectivity index (χ1) is 9.90. The molecular weight excluding hydrogens is 276 g/mol. The number of esters is 1. The summed E-state index contributed by atoms with van der Waals surface area (Å²) in [5.41, 5.74) is -1.73. The van der Waals surface area contributed by atoms with Crippen LogP contribution in [0.1, 0.15) is 73.6 Å². The van der Waals surface area contributed by atoms with E-state index in [0.29, 0.717) is 6.42 Å². The minimum atomic E-state index is -0.801. The highest BCUT2D eigenvalue weighted by molar-refractivity contribution is 5.75. The van der Waals surface area contributed by atoms with Gasteiger partial charge >= 0.3 is 5.97 Å². The van der Waals surface area contributed by atoms with Crippen molar-refractivity contribution in [3.63, 3.8) is 0 Å². The molecular formula is C19H32O3. The van der Waals surface area contributed by atoms with Crippen LogP contribution in [0, 0.1) is 16.2 Å². The molecule has 1 fully saturated rings. The quantitative estimate of drug-likeness (QED) is 0.582. The van der Waals surface area contributed by atoms with E-state index >= 15 is 0 Å². The predicted octanol–water partition coefficient (Wildman–Crippen LogP) is 4.24. The molecule has 0 aromatic heterocycles. The lowest BCUT2D eigenvalue weighted by Gasteiger charge is -2.56. The van der Waals surface area contributed by atoms with E-state index in [-0.39, 0.29) is 22.9 Å². The summed E-state index contributed by atoms with van der Waals surface area (Å²) >= 11 is 0. The Bertz CT molecular complexity index is 472. The molecule has 0 bridgehead atoms. The SMILES string of the molecule is CC1(C)C[C@H](OC(=O)C(C)(C)C)[C@]2(C)CCC=CC[C@]2(O)C1. The van der Waals surface area contributed by atoms with Gasteiger partial charge in [0.05, 0.1) is 11.0 Å². The molecule has 22 heavy (non-hydrogen) atoms. The molecule has 126 valence electrons. The third-order valence-corrected chi connectivity index (χ3v) is 5.60. The van der Waals surface area contributed by atoms with Crippen molar-refractivity contribution in [1.29, 1.82) is 0 Å². The van der Waals surface area contributed by atoms with Crippen LogP contribution in [-0.2, 0) is 9.53 Å². The van der Waals surface area contributed by atoms with Crippen molar-refractivity contribution in [3.8, 4) is 0 Å². The normalized spacial score (nSPS) is 38.0. The fraction of sp³-hybridized carbons (Fsp3) is 0.842. The Balaban J connectivity index is 2.36. The topological polar surface area (TPSA) is 46.5 Å². The number of carbonyl (C=O) groups excluding carboxylic acids is 1. The fourth-order valence-electron chi connectivity index (χ4n) is 4.05. The second kappa shape index (κ2) is 5.36. The Morgan fingerprint density at radius 2 is 1.86 bits per heavy atom. The van der Waals surface area contributed by atoms with E-state index in [1.165, 1.54) is 0 Å². The Morgan fingerprint density at radius 3 is 2.45 bits per heavy atom. The lowest BCUT2D eigenvalue weighted by Crippen LogP contribution is -2.61. The average Bonchev–Trinajstić information content (AvgIpc) is 2.47. The number of hydrogen-bond acceptors (Lipinski definition) is 3. The van der Waals surface area contributed by atoms with Crippen LogP contribution >= 0.6 is 0 Å². The number of allylic oxidation sites excluding steroid dienone is 1. The van der Waals surface area contributed by atoms with Gasteiger partial charge in [-0.05, 0) is 58.3 Å². The molecule has 0 unspecified atom stereocenters. The molecule has 0 saturated heterocycles.